The summed E-state index contributed by atoms with van der Waals surface area (Å²) in [5.74, 6) is 0. The summed E-state index contributed by atoms with van der Waals surface area (Å²) < 4.78 is 0. The van der Waals surface area contributed by atoms with Crippen molar-refractivity contribution in [3.05, 3.63) is 44.3 Å². The van der Waals surface area contributed by atoms with E-state index in [1.807, 2.05) is 17.5 Å². The molecule has 0 fully saturated rings. The van der Waals surface area contributed by atoms with E-state index in [4.69, 9.17) is 0 Å². The molecule has 0 saturated carbocycles. The molecule has 1 atom stereocenters. The SMILES string of the molecule is Cc1ccc(C(O)Cc2cccs2)s1. The zero-order valence-corrected chi connectivity index (χ0v) is 9.57. The van der Waals surface area contributed by atoms with Crippen LogP contribution in [0.4, 0.5) is 0 Å². The van der Waals surface area contributed by atoms with E-state index in [1.165, 1.54) is 9.75 Å². The Morgan fingerprint density at radius 1 is 1.36 bits per heavy atom. The molecule has 14 heavy (non-hydrogen) atoms. The van der Waals surface area contributed by atoms with Crippen molar-refractivity contribution in [1.82, 2.24) is 0 Å². The fourth-order valence-corrected chi connectivity index (χ4v) is 2.96. The number of hydrogen-bond acceptors (Lipinski definition) is 3. The Morgan fingerprint density at radius 3 is 2.79 bits per heavy atom. The summed E-state index contributed by atoms with van der Waals surface area (Å²) in [7, 11) is 0. The zero-order valence-electron chi connectivity index (χ0n) is 7.93. The normalized spacial score (nSPS) is 13.0. The summed E-state index contributed by atoms with van der Waals surface area (Å²) in [5.41, 5.74) is 0. The van der Waals surface area contributed by atoms with E-state index in [9.17, 15) is 5.11 Å². The van der Waals surface area contributed by atoms with E-state index >= 15 is 0 Å². The first-order valence-corrected chi connectivity index (χ1v) is 6.22. The van der Waals surface area contributed by atoms with Gasteiger partial charge < -0.3 is 5.11 Å². The Morgan fingerprint density at radius 2 is 2.21 bits per heavy atom. The molecule has 0 aliphatic heterocycles. The van der Waals surface area contributed by atoms with Gasteiger partial charge in [0.25, 0.3) is 0 Å². The maximum Gasteiger partial charge on any atom is 0.0930 e. The molecule has 0 amide bonds. The molecule has 0 aromatic carbocycles. The molecule has 1 N–H and O–H groups in total. The highest BCUT2D eigenvalue weighted by Gasteiger charge is 2.10. The predicted molar refractivity (Wildman–Crippen MR) is 62.0 cm³/mol. The van der Waals surface area contributed by atoms with E-state index in [1.54, 1.807) is 22.7 Å². The Bertz CT molecular complexity index is 389. The van der Waals surface area contributed by atoms with Crippen LogP contribution in [0.2, 0.25) is 0 Å². The van der Waals surface area contributed by atoms with Crippen LogP contribution in [0.5, 0.6) is 0 Å². The number of aliphatic hydroxyl groups excluding tert-OH is 1. The quantitative estimate of drug-likeness (QED) is 0.847. The zero-order chi connectivity index (χ0) is 9.97. The summed E-state index contributed by atoms with van der Waals surface area (Å²) in [4.78, 5) is 3.56. The molecule has 2 heterocycles. The van der Waals surface area contributed by atoms with E-state index < -0.39 is 0 Å². The van der Waals surface area contributed by atoms with E-state index in [-0.39, 0.29) is 6.10 Å². The Balaban J connectivity index is 2.06. The lowest BCUT2D eigenvalue weighted by Crippen LogP contribution is -1.97. The standard InChI is InChI=1S/C11H12OS2/c1-8-4-5-11(14-8)10(12)7-9-3-2-6-13-9/h2-6,10,12H,7H2,1H3. The van der Waals surface area contributed by atoms with Crippen molar-refractivity contribution in [2.24, 2.45) is 0 Å². The molecule has 3 heteroatoms. The molecule has 0 saturated heterocycles. The molecule has 0 aliphatic carbocycles. The van der Waals surface area contributed by atoms with E-state index in [2.05, 4.69) is 19.1 Å². The number of aryl methyl sites for hydroxylation is 1. The third kappa shape index (κ3) is 2.23. The monoisotopic (exact) mass is 224 g/mol. The number of aliphatic hydroxyl groups is 1. The lowest BCUT2D eigenvalue weighted by molar-refractivity contribution is 0.183. The second-order valence-corrected chi connectivity index (χ2v) is 5.60. The molecule has 0 radical (unpaired) electrons. The van der Waals surface area contributed by atoms with Crippen LogP contribution >= 0.6 is 22.7 Å². The first-order chi connectivity index (χ1) is 6.75. The Kier molecular flexibility index (Phi) is 3.01. The topological polar surface area (TPSA) is 20.2 Å². The fraction of sp³-hybridized carbons (Fsp3) is 0.273. The highest BCUT2D eigenvalue weighted by molar-refractivity contribution is 7.12. The van der Waals surface area contributed by atoms with E-state index in [0.717, 1.165) is 11.3 Å². The van der Waals surface area contributed by atoms with Gasteiger partial charge in [0.1, 0.15) is 0 Å². The average Bonchev–Trinajstić information content (AvgIpc) is 2.75. The molecule has 0 aliphatic rings. The largest absolute Gasteiger partial charge is 0.387 e. The summed E-state index contributed by atoms with van der Waals surface area (Å²) >= 11 is 3.37. The molecule has 1 nitrogen and oxygen atoms in total. The van der Waals surface area contributed by atoms with Gasteiger partial charge in [-0.25, -0.2) is 0 Å². The van der Waals surface area contributed by atoms with Gasteiger partial charge in [-0.3, -0.25) is 0 Å². The Labute approximate surface area is 91.7 Å². The fourth-order valence-electron chi connectivity index (χ4n) is 1.35. The van der Waals surface area contributed by atoms with Gasteiger partial charge in [-0.15, -0.1) is 22.7 Å². The third-order valence-corrected chi connectivity index (χ3v) is 4.06. The highest BCUT2D eigenvalue weighted by Crippen LogP contribution is 2.26. The first kappa shape index (κ1) is 9.90. The van der Waals surface area contributed by atoms with Crippen molar-refractivity contribution < 1.29 is 5.11 Å². The van der Waals surface area contributed by atoms with E-state index in [0.29, 0.717) is 0 Å². The third-order valence-electron chi connectivity index (χ3n) is 2.06. The summed E-state index contributed by atoms with van der Waals surface area (Å²) in [6.45, 7) is 2.06. The van der Waals surface area contributed by atoms with Crippen LogP contribution in [0.15, 0.2) is 29.6 Å². The molecule has 0 bridgehead atoms. The van der Waals surface area contributed by atoms with Crippen molar-refractivity contribution in [1.29, 1.82) is 0 Å². The lowest BCUT2D eigenvalue weighted by Gasteiger charge is -2.05. The van der Waals surface area contributed by atoms with Gasteiger partial charge in [0.05, 0.1) is 6.10 Å². The minimum absolute atomic E-state index is 0.340. The molecule has 2 rings (SSSR count). The van der Waals surface area contributed by atoms with Gasteiger partial charge in [0.2, 0.25) is 0 Å². The molecule has 2 aromatic rings. The van der Waals surface area contributed by atoms with Gasteiger partial charge in [-0.1, -0.05) is 6.07 Å². The molecule has 74 valence electrons. The maximum atomic E-state index is 9.92. The van der Waals surface area contributed by atoms with Crippen molar-refractivity contribution in [2.75, 3.05) is 0 Å². The van der Waals surface area contributed by atoms with Crippen LogP contribution < -0.4 is 0 Å². The molecular weight excluding hydrogens is 212 g/mol. The van der Waals surface area contributed by atoms with Crippen LogP contribution in [0.3, 0.4) is 0 Å². The lowest BCUT2D eigenvalue weighted by atomic mass is 10.2. The second-order valence-electron chi connectivity index (χ2n) is 3.25. The molecule has 1 unspecified atom stereocenters. The number of hydrogen-bond donors (Lipinski definition) is 1. The predicted octanol–water partition coefficient (Wildman–Crippen LogP) is 3.39. The minimum atomic E-state index is -0.340. The second kappa shape index (κ2) is 4.26. The summed E-state index contributed by atoms with van der Waals surface area (Å²) in [6, 6.07) is 8.15. The van der Waals surface area contributed by atoms with Crippen LogP contribution in [0.1, 0.15) is 20.7 Å². The molecular formula is C11H12OS2. The van der Waals surface area contributed by atoms with Crippen molar-refractivity contribution in [3.63, 3.8) is 0 Å². The molecule has 0 spiro atoms. The average molecular weight is 224 g/mol. The minimum Gasteiger partial charge on any atom is -0.387 e. The van der Waals surface area contributed by atoms with Crippen molar-refractivity contribution >= 4 is 22.7 Å². The van der Waals surface area contributed by atoms with Crippen LogP contribution in [0.25, 0.3) is 0 Å². The van der Waals surface area contributed by atoms with Gasteiger partial charge >= 0.3 is 0 Å². The van der Waals surface area contributed by atoms with Gasteiger partial charge in [-0.05, 0) is 30.5 Å². The van der Waals surface area contributed by atoms with Crippen LogP contribution in [-0.4, -0.2) is 5.11 Å². The maximum absolute atomic E-state index is 9.92. The van der Waals surface area contributed by atoms with Crippen molar-refractivity contribution in [3.8, 4) is 0 Å². The van der Waals surface area contributed by atoms with Gasteiger partial charge in [0, 0.05) is 21.1 Å². The molecule has 2 aromatic heterocycles. The Hall–Kier alpha value is -0.640. The van der Waals surface area contributed by atoms with Crippen LogP contribution in [-0.2, 0) is 6.42 Å². The summed E-state index contributed by atoms with van der Waals surface area (Å²) in [6.07, 6.45) is 0.393. The van der Waals surface area contributed by atoms with Crippen molar-refractivity contribution in [2.45, 2.75) is 19.4 Å². The number of rotatable bonds is 3. The summed E-state index contributed by atoms with van der Waals surface area (Å²) in [5, 5.41) is 12.0. The first-order valence-electron chi connectivity index (χ1n) is 4.52. The van der Waals surface area contributed by atoms with Gasteiger partial charge in [-0.2, -0.15) is 0 Å². The van der Waals surface area contributed by atoms with Gasteiger partial charge in [0.15, 0.2) is 0 Å². The highest BCUT2D eigenvalue weighted by atomic mass is 32.1. The number of thiophene rings is 2. The smallest absolute Gasteiger partial charge is 0.0930 e. The van der Waals surface area contributed by atoms with Crippen LogP contribution in [0, 0.1) is 6.92 Å².